The number of pyridine rings is 1. The highest BCUT2D eigenvalue weighted by molar-refractivity contribution is 6.01. The highest BCUT2D eigenvalue weighted by Crippen LogP contribution is 2.31. The van der Waals surface area contributed by atoms with Crippen LogP contribution < -0.4 is 15.5 Å². The molecule has 10 heteroatoms. The largest absolute Gasteiger partial charge is 0.392 e. The predicted molar refractivity (Wildman–Crippen MR) is 134 cm³/mol. The Morgan fingerprint density at radius 2 is 1.97 bits per heavy atom. The Bertz CT molecular complexity index is 1010. The molecule has 4 N–H and O–H groups in total. The normalized spacial score (nSPS) is 20.4. The minimum Gasteiger partial charge on any atom is -0.392 e. The lowest BCUT2D eigenvalue weighted by atomic mass is 9.81. The Hall–Kier alpha value is -2.98. The second kappa shape index (κ2) is 10.1. The van der Waals surface area contributed by atoms with Gasteiger partial charge in [-0.15, -0.1) is 0 Å². The van der Waals surface area contributed by atoms with Crippen molar-refractivity contribution in [3.63, 3.8) is 0 Å². The fourth-order valence-electron chi connectivity index (χ4n) is 4.32. The molecule has 0 saturated carbocycles. The van der Waals surface area contributed by atoms with E-state index >= 15 is 0 Å². The Morgan fingerprint density at radius 1 is 1.21 bits per heavy atom. The van der Waals surface area contributed by atoms with Crippen LogP contribution in [0.3, 0.4) is 0 Å². The van der Waals surface area contributed by atoms with Crippen molar-refractivity contribution in [3.05, 3.63) is 30.1 Å². The summed E-state index contributed by atoms with van der Waals surface area (Å²) >= 11 is 0. The van der Waals surface area contributed by atoms with E-state index in [2.05, 4.69) is 53.2 Å². The number of anilines is 4. The molecule has 2 saturated heterocycles. The van der Waals surface area contributed by atoms with Gasteiger partial charge in [-0.3, -0.25) is 5.41 Å². The molecule has 1 atom stereocenters. The van der Waals surface area contributed by atoms with Crippen molar-refractivity contribution in [2.75, 3.05) is 54.9 Å². The van der Waals surface area contributed by atoms with Crippen LogP contribution in [0.2, 0.25) is 0 Å². The van der Waals surface area contributed by atoms with Gasteiger partial charge in [-0.05, 0) is 26.3 Å². The van der Waals surface area contributed by atoms with Gasteiger partial charge in [0.2, 0.25) is 5.95 Å². The zero-order valence-corrected chi connectivity index (χ0v) is 20.5. The zero-order chi connectivity index (χ0) is 24.3. The van der Waals surface area contributed by atoms with Gasteiger partial charge >= 0.3 is 0 Å². The predicted octanol–water partition coefficient (Wildman–Crippen LogP) is 2.69. The van der Waals surface area contributed by atoms with Crippen molar-refractivity contribution in [1.82, 2.24) is 19.9 Å². The molecule has 0 amide bonds. The molecule has 2 aliphatic heterocycles. The van der Waals surface area contributed by atoms with Gasteiger partial charge in [0.15, 0.2) is 0 Å². The van der Waals surface area contributed by atoms with Gasteiger partial charge in [-0.1, -0.05) is 13.8 Å². The first-order valence-corrected chi connectivity index (χ1v) is 11.9. The molecule has 10 nitrogen and oxygen atoms in total. The molecular formula is C24H36N8O2. The lowest BCUT2D eigenvalue weighted by Crippen LogP contribution is -2.49. The zero-order valence-electron chi connectivity index (χ0n) is 20.5. The maximum absolute atomic E-state index is 10.3. The van der Waals surface area contributed by atoms with E-state index < -0.39 is 0 Å². The van der Waals surface area contributed by atoms with Crippen molar-refractivity contribution in [3.8, 4) is 0 Å². The lowest BCUT2D eigenvalue weighted by molar-refractivity contribution is 0.0332. The first-order valence-electron chi connectivity index (χ1n) is 11.9. The number of aliphatic hydroxyl groups excluding tert-OH is 1. The van der Waals surface area contributed by atoms with E-state index in [0.717, 1.165) is 11.3 Å². The standard InChI is InChI=1S/C24H36N8O2/c1-16(2)28-18-13-21(27-14-17(18)22(25)31-9-11-34-12-10-31)29-20-5-7-26-23(30-20)32-8-6-19(33)24(3,4)15-32/h5,7,13-14,16,19,25,33H,6,8-12,15H2,1-4H3,(H2,26,27,28,29,30). The van der Waals surface area contributed by atoms with Gasteiger partial charge in [-0.2, -0.15) is 4.98 Å². The number of morpholine rings is 1. The second-order valence-electron chi connectivity index (χ2n) is 9.94. The van der Waals surface area contributed by atoms with Gasteiger partial charge in [0.25, 0.3) is 0 Å². The molecule has 4 heterocycles. The fraction of sp³-hybridized carbons (Fsp3) is 0.583. The summed E-state index contributed by atoms with van der Waals surface area (Å²) in [5, 5.41) is 25.7. The summed E-state index contributed by atoms with van der Waals surface area (Å²) in [6.07, 6.45) is 3.84. The van der Waals surface area contributed by atoms with Crippen LogP contribution in [0.15, 0.2) is 24.5 Å². The summed E-state index contributed by atoms with van der Waals surface area (Å²) in [7, 11) is 0. The maximum atomic E-state index is 10.3. The molecule has 0 aliphatic carbocycles. The number of hydrogen-bond acceptors (Lipinski definition) is 9. The monoisotopic (exact) mass is 468 g/mol. The molecule has 1 unspecified atom stereocenters. The van der Waals surface area contributed by atoms with Gasteiger partial charge in [0.1, 0.15) is 17.5 Å². The van der Waals surface area contributed by atoms with Crippen molar-refractivity contribution >= 4 is 29.1 Å². The average Bonchev–Trinajstić information content (AvgIpc) is 2.81. The summed E-state index contributed by atoms with van der Waals surface area (Å²) in [6, 6.07) is 3.94. The van der Waals surface area contributed by atoms with Crippen LogP contribution in [0.1, 0.15) is 39.7 Å². The number of piperidine rings is 1. The number of hydrogen-bond donors (Lipinski definition) is 4. The molecule has 0 spiro atoms. The molecule has 34 heavy (non-hydrogen) atoms. The van der Waals surface area contributed by atoms with Crippen LogP contribution in [0.4, 0.5) is 23.3 Å². The molecule has 184 valence electrons. The summed E-state index contributed by atoms with van der Waals surface area (Å²) in [5.41, 5.74) is 1.40. The van der Waals surface area contributed by atoms with Crippen molar-refractivity contribution < 1.29 is 9.84 Å². The summed E-state index contributed by atoms with van der Waals surface area (Å²) in [6.45, 7) is 12.3. The van der Waals surface area contributed by atoms with E-state index in [1.165, 1.54) is 0 Å². The lowest BCUT2D eigenvalue weighted by Gasteiger charge is -2.41. The molecular weight excluding hydrogens is 432 g/mol. The smallest absolute Gasteiger partial charge is 0.227 e. The summed E-state index contributed by atoms with van der Waals surface area (Å²) in [4.78, 5) is 17.9. The first-order chi connectivity index (χ1) is 16.2. The molecule has 2 aliphatic rings. The quantitative estimate of drug-likeness (QED) is 0.374. The van der Waals surface area contributed by atoms with E-state index in [1.54, 1.807) is 12.4 Å². The van der Waals surface area contributed by atoms with Gasteiger partial charge in [0, 0.05) is 56.1 Å². The van der Waals surface area contributed by atoms with Crippen LogP contribution in [0, 0.1) is 10.8 Å². The van der Waals surface area contributed by atoms with E-state index in [4.69, 9.17) is 15.1 Å². The van der Waals surface area contributed by atoms with Gasteiger partial charge < -0.3 is 30.3 Å². The highest BCUT2D eigenvalue weighted by Gasteiger charge is 2.35. The summed E-state index contributed by atoms with van der Waals surface area (Å²) < 4.78 is 5.43. The van der Waals surface area contributed by atoms with E-state index in [-0.39, 0.29) is 17.6 Å². The minimum absolute atomic E-state index is 0.204. The Labute approximate surface area is 201 Å². The number of ether oxygens (including phenoxy) is 1. The first kappa shape index (κ1) is 24.2. The van der Waals surface area contributed by atoms with Crippen molar-refractivity contribution in [1.29, 1.82) is 5.41 Å². The molecule has 0 aromatic carbocycles. The maximum Gasteiger partial charge on any atom is 0.227 e. The topological polar surface area (TPSA) is 123 Å². The van der Waals surface area contributed by atoms with E-state index in [9.17, 15) is 5.11 Å². The van der Waals surface area contributed by atoms with Crippen molar-refractivity contribution in [2.45, 2.75) is 46.3 Å². The number of amidine groups is 1. The van der Waals surface area contributed by atoms with Gasteiger partial charge in [0.05, 0.1) is 30.6 Å². The molecule has 0 bridgehead atoms. The third-order valence-electron chi connectivity index (χ3n) is 6.29. The second-order valence-corrected chi connectivity index (χ2v) is 9.94. The van der Waals surface area contributed by atoms with Crippen LogP contribution in [0.5, 0.6) is 0 Å². The van der Waals surface area contributed by atoms with Gasteiger partial charge in [-0.25, -0.2) is 9.97 Å². The third kappa shape index (κ3) is 5.56. The Balaban J connectivity index is 1.53. The van der Waals surface area contributed by atoms with Crippen molar-refractivity contribution in [2.24, 2.45) is 5.41 Å². The number of nitrogens with one attached hydrogen (secondary N) is 3. The van der Waals surface area contributed by atoms with E-state index in [0.29, 0.717) is 69.2 Å². The van der Waals surface area contributed by atoms with Crippen LogP contribution in [0.25, 0.3) is 0 Å². The number of rotatable bonds is 6. The molecule has 0 radical (unpaired) electrons. The van der Waals surface area contributed by atoms with Crippen LogP contribution >= 0.6 is 0 Å². The van der Waals surface area contributed by atoms with Crippen LogP contribution in [-0.2, 0) is 4.74 Å². The Morgan fingerprint density at radius 3 is 2.68 bits per heavy atom. The molecule has 2 fully saturated rings. The highest BCUT2D eigenvalue weighted by atomic mass is 16.5. The summed E-state index contributed by atoms with van der Waals surface area (Å²) in [5.74, 6) is 2.37. The molecule has 4 rings (SSSR count). The van der Waals surface area contributed by atoms with Crippen LogP contribution in [-0.4, -0.2) is 82.3 Å². The fourth-order valence-corrected chi connectivity index (χ4v) is 4.32. The third-order valence-corrected chi connectivity index (χ3v) is 6.29. The SMILES string of the molecule is CC(C)Nc1cc(Nc2ccnc(N3CCC(O)C(C)(C)C3)n2)ncc1C(=N)N1CCOCC1. The molecule has 2 aromatic rings. The number of aromatic nitrogens is 3. The number of nitrogens with zero attached hydrogens (tertiary/aromatic N) is 5. The van der Waals surface area contributed by atoms with E-state index in [1.807, 2.05) is 17.0 Å². The number of aliphatic hydroxyl groups is 1. The molecule has 2 aromatic heterocycles. The average molecular weight is 469 g/mol. The minimum atomic E-state index is -0.323. The Kier molecular flexibility index (Phi) is 7.18.